The van der Waals surface area contributed by atoms with Crippen LogP contribution in [-0.2, 0) is 4.79 Å². The highest BCUT2D eigenvalue weighted by Gasteiger charge is 2.33. The monoisotopic (exact) mass is 355 g/mol. The highest BCUT2D eigenvalue weighted by molar-refractivity contribution is 5.94. The van der Waals surface area contributed by atoms with E-state index < -0.39 is 11.6 Å². The van der Waals surface area contributed by atoms with Crippen molar-refractivity contribution in [3.8, 4) is 11.4 Å². The predicted octanol–water partition coefficient (Wildman–Crippen LogP) is 3.63. The van der Waals surface area contributed by atoms with E-state index in [1.807, 2.05) is 24.3 Å². The molecule has 5 nitrogen and oxygen atoms in total. The Bertz CT molecular complexity index is 1000. The van der Waals surface area contributed by atoms with Crippen LogP contribution in [0.1, 0.15) is 23.6 Å². The number of halogens is 2. The van der Waals surface area contributed by atoms with Crippen LogP contribution in [0.3, 0.4) is 0 Å². The van der Waals surface area contributed by atoms with Gasteiger partial charge in [-0.05, 0) is 18.2 Å². The van der Waals surface area contributed by atoms with Gasteiger partial charge in [-0.1, -0.05) is 18.2 Å². The van der Waals surface area contributed by atoms with Crippen molar-refractivity contribution in [2.45, 2.75) is 12.3 Å². The van der Waals surface area contributed by atoms with Crippen molar-refractivity contribution in [3.63, 3.8) is 0 Å². The summed E-state index contributed by atoms with van der Waals surface area (Å²) in [5.41, 5.74) is 1.38. The molecule has 0 saturated carbocycles. The van der Waals surface area contributed by atoms with Crippen LogP contribution in [0.15, 0.2) is 48.8 Å². The Hall–Kier alpha value is -3.22. The van der Waals surface area contributed by atoms with Crippen molar-refractivity contribution in [2.24, 2.45) is 0 Å². The van der Waals surface area contributed by atoms with Gasteiger partial charge in [-0.15, -0.1) is 0 Å². The maximum atomic E-state index is 14.2. The minimum atomic E-state index is -0.611. The summed E-state index contributed by atoms with van der Waals surface area (Å²) in [6.45, 7) is 0. The molecule has 132 valence electrons. The van der Waals surface area contributed by atoms with Gasteiger partial charge in [0.15, 0.2) is 0 Å². The minimum Gasteiger partial charge on any atom is -0.496 e. The standard InChI is InChI=1S/C19H15F2N3O2/c1-26-16-5-3-2-4-12(16)13-9-17(25)23-19-18(13)22-10-24(19)15-8-11(20)6-7-14(15)21/h2-8,10,13H,9H2,1H3,(H,23,25)/t13-/m1/s1. The molecule has 1 amide bonds. The molecule has 1 N–H and O–H groups in total. The maximum absolute atomic E-state index is 14.2. The van der Waals surface area contributed by atoms with Gasteiger partial charge in [0, 0.05) is 24.0 Å². The number of anilines is 1. The van der Waals surface area contributed by atoms with Crippen molar-refractivity contribution < 1.29 is 18.3 Å². The van der Waals surface area contributed by atoms with E-state index in [2.05, 4.69) is 10.3 Å². The topological polar surface area (TPSA) is 56.1 Å². The highest BCUT2D eigenvalue weighted by atomic mass is 19.1. The Morgan fingerprint density at radius 3 is 2.85 bits per heavy atom. The third-order valence-corrected chi connectivity index (χ3v) is 4.46. The Morgan fingerprint density at radius 2 is 2.04 bits per heavy atom. The molecule has 0 radical (unpaired) electrons. The molecule has 2 aromatic carbocycles. The molecular formula is C19H15F2N3O2. The quantitative estimate of drug-likeness (QED) is 0.781. The summed E-state index contributed by atoms with van der Waals surface area (Å²) in [5, 5.41) is 2.72. The number of rotatable bonds is 3. The summed E-state index contributed by atoms with van der Waals surface area (Å²) in [6.07, 6.45) is 1.58. The number of imidazole rings is 1. The van der Waals surface area contributed by atoms with Gasteiger partial charge in [-0.2, -0.15) is 0 Å². The predicted molar refractivity (Wildman–Crippen MR) is 91.6 cm³/mol. The lowest BCUT2D eigenvalue weighted by Gasteiger charge is -2.24. The van der Waals surface area contributed by atoms with Crippen LogP contribution in [-0.4, -0.2) is 22.6 Å². The number of methoxy groups -OCH3 is 1. The number of para-hydroxylation sites is 1. The molecule has 0 fully saturated rings. The minimum absolute atomic E-state index is 0.0141. The van der Waals surface area contributed by atoms with Crippen LogP contribution >= 0.6 is 0 Å². The highest BCUT2D eigenvalue weighted by Crippen LogP contribution is 2.40. The smallest absolute Gasteiger partial charge is 0.226 e. The number of fused-ring (bicyclic) bond motifs is 1. The van der Waals surface area contributed by atoms with Gasteiger partial charge in [0.25, 0.3) is 0 Å². The number of nitrogens with zero attached hydrogens (tertiary/aromatic N) is 2. The molecular weight excluding hydrogens is 340 g/mol. The number of carbonyl (C=O) groups excluding carboxylic acids is 1. The summed E-state index contributed by atoms with van der Waals surface area (Å²) in [7, 11) is 1.56. The zero-order valence-electron chi connectivity index (χ0n) is 13.9. The third kappa shape index (κ3) is 2.61. The number of benzene rings is 2. The summed E-state index contributed by atoms with van der Waals surface area (Å²) in [6, 6.07) is 10.5. The van der Waals surface area contributed by atoms with Crippen LogP contribution in [0.2, 0.25) is 0 Å². The van der Waals surface area contributed by atoms with Crippen LogP contribution in [0.25, 0.3) is 5.69 Å². The molecule has 3 aromatic rings. The van der Waals surface area contributed by atoms with Gasteiger partial charge in [0.2, 0.25) is 5.91 Å². The number of carbonyl (C=O) groups is 1. The molecule has 0 spiro atoms. The molecule has 0 saturated heterocycles. The van der Waals surface area contributed by atoms with Gasteiger partial charge in [-0.25, -0.2) is 13.8 Å². The molecule has 1 aromatic heterocycles. The van der Waals surface area contributed by atoms with Crippen LogP contribution in [0, 0.1) is 11.6 Å². The molecule has 26 heavy (non-hydrogen) atoms. The molecule has 0 bridgehead atoms. The normalized spacial score (nSPS) is 16.1. The third-order valence-electron chi connectivity index (χ3n) is 4.46. The fraction of sp³-hybridized carbons (Fsp3) is 0.158. The Labute approximate surface area is 148 Å². The first-order valence-corrected chi connectivity index (χ1v) is 8.04. The van der Waals surface area contributed by atoms with Crippen molar-refractivity contribution >= 4 is 11.7 Å². The van der Waals surface area contributed by atoms with E-state index >= 15 is 0 Å². The molecule has 1 atom stereocenters. The van der Waals surface area contributed by atoms with Crippen molar-refractivity contribution in [1.29, 1.82) is 0 Å². The van der Waals surface area contributed by atoms with E-state index in [1.54, 1.807) is 7.11 Å². The van der Waals surface area contributed by atoms with Crippen molar-refractivity contribution in [2.75, 3.05) is 12.4 Å². The van der Waals surface area contributed by atoms with E-state index in [1.165, 1.54) is 10.9 Å². The van der Waals surface area contributed by atoms with Gasteiger partial charge in [0.1, 0.15) is 29.5 Å². The van der Waals surface area contributed by atoms with Crippen LogP contribution in [0.4, 0.5) is 14.6 Å². The van der Waals surface area contributed by atoms with E-state index in [0.29, 0.717) is 17.3 Å². The van der Waals surface area contributed by atoms with Gasteiger partial charge in [-0.3, -0.25) is 9.36 Å². The number of nitrogens with one attached hydrogen (secondary N) is 1. The fourth-order valence-electron chi connectivity index (χ4n) is 3.27. The lowest BCUT2D eigenvalue weighted by atomic mass is 9.89. The SMILES string of the molecule is COc1ccccc1[C@H]1CC(=O)Nc2c1ncn2-c1cc(F)ccc1F. The van der Waals surface area contributed by atoms with Crippen LogP contribution in [0.5, 0.6) is 5.75 Å². The van der Waals surface area contributed by atoms with Crippen LogP contribution < -0.4 is 10.1 Å². The largest absolute Gasteiger partial charge is 0.496 e. The first kappa shape index (κ1) is 16.3. The van der Waals surface area contributed by atoms with Crippen molar-refractivity contribution in [1.82, 2.24) is 9.55 Å². The summed E-state index contributed by atoms with van der Waals surface area (Å²) < 4.78 is 34.5. The van der Waals surface area contributed by atoms with E-state index in [4.69, 9.17) is 4.74 Å². The zero-order chi connectivity index (χ0) is 18.3. The Morgan fingerprint density at radius 1 is 1.23 bits per heavy atom. The first-order valence-electron chi connectivity index (χ1n) is 8.04. The lowest BCUT2D eigenvalue weighted by molar-refractivity contribution is -0.116. The molecule has 0 aliphatic carbocycles. The number of aromatic nitrogens is 2. The molecule has 1 aliphatic rings. The van der Waals surface area contributed by atoms with Gasteiger partial charge in [0.05, 0.1) is 18.5 Å². The zero-order valence-corrected chi connectivity index (χ0v) is 13.9. The summed E-state index contributed by atoms with van der Waals surface area (Å²) in [5.74, 6) is -0.779. The fourth-order valence-corrected chi connectivity index (χ4v) is 3.27. The number of amides is 1. The average molecular weight is 355 g/mol. The van der Waals surface area contributed by atoms with E-state index in [0.717, 1.165) is 23.8 Å². The molecule has 1 aliphatic heterocycles. The lowest BCUT2D eigenvalue weighted by Crippen LogP contribution is -2.25. The molecule has 4 rings (SSSR count). The second-order valence-corrected chi connectivity index (χ2v) is 5.99. The van der Waals surface area contributed by atoms with Crippen molar-refractivity contribution in [3.05, 3.63) is 71.7 Å². The maximum Gasteiger partial charge on any atom is 0.226 e. The molecule has 2 heterocycles. The molecule has 0 unspecified atom stereocenters. The number of hydrogen-bond donors (Lipinski definition) is 1. The second-order valence-electron chi connectivity index (χ2n) is 5.99. The van der Waals surface area contributed by atoms with E-state index in [9.17, 15) is 13.6 Å². The molecule has 7 heteroatoms. The first-order chi connectivity index (χ1) is 12.6. The van der Waals surface area contributed by atoms with Gasteiger partial charge >= 0.3 is 0 Å². The number of ether oxygens (including phenoxy) is 1. The Kier molecular flexibility index (Phi) is 3.91. The number of hydrogen-bond acceptors (Lipinski definition) is 3. The summed E-state index contributed by atoms with van der Waals surface area (Å²) in [4.78, 5) is 16.7. The summed E-state index contributed by atoms with van der Waals surface area (Å²) >= 11 is 0. The average Bonchev–Trinajstić information content (AvgIpc) is 3.06. The Balaban J connectivity index is 1.87. The van der Waals surface area contributed by atoms with E-state index in [-0.39, 0.29) is 23.9 Å². The van der Waals surface area contributed by atoms with Gasteiger partial charge < -0.3 is 10.1 Å². The second kappa shape index (κ2) is 6.25.